The second-order valence-corrected chi connectivity index (χ2v) is 6.40. The van der Waals surface area contributed by atoms with E-state index in [0.717, 1.165) is 30.5 Å². The Balaban J connectivity index is 1.71. The third-order valence-electron chi connectivity index (χ3n) is 4.15. The van der Waals surface area contributed by atoms with Gasteiger partial charge in [-0.05, 0) is 24.5 Å². The van der Waals surface area contributed by atoms with Gasteiger partial charge >= 0.3 is 6.18 Å². The number of halogens is 3. The van der Waals surface area contributed by atoms with Crippen molar-refractivity contribution in [1.29, 1.82) is 0 Å². The predicted octanol–water partition coefficient (Wildman–Crippen LogP) is 3.17. The van der Waals surface area contributed by atoms with Crippen LogP contribution in [0.1, 0.15) is 24.1 Å². The molecule has 0 atom stereocenters. The second kappa shape index (κ2) is 7.35. The van der Waals surface area contributed by atoms with Gasteiger partial charge in [-0.3, -0.25) is 0 Å². The first-order chi connectivity index (χ1) is 12.3. The van der Waals surface area contributed by atoms with Crippen LogP contribution in [0.25, 0.3) is 0 Å². The number of nitrogens with zero attached hydrogens (tertiary/aromatic N) is 5. The van der Waals surface area contributed by atoms with E-state index < -0.39 is 11.9 Å². The highest BCUT2D eigenvalue weighted by Gasteiger charge is 2.34. The standard InChI is InChI=1S/C17H21F3N6/c1-25(2)15-9-13(17(18,19)20)23-16(24-15)22-11-12-5-6-14(21-10-12)26-7-3-4-8-26/h5-6,9-10H,3-4,7-8,11H2,1-2H3,(H,22,23,24). The highest BCUT2D eigenvalue weighted by atomic mass is 19.4. The van der Waals surface area contributed by atoms with E-state index in [4.69, 9.17) is 0 Å². The molecule has 0 bridgehead atoms. The molecule has 0 radical (unpaired) electrons. The molecule has 1 fully saturated rings. The summed E-state index contributed by atoms with van der Waals surface area (Å²) >= 11 is 0. The number of rotatable bonds is 5. The minimum atomic E-state index is -4.52. The van der Waals surface area contributed by atoms with Crippen molar-refractivity contribution in [2.75, 3.05) is 42.3 Å². The summed E-state index contributed by atoms with van der Waals surface area (Å²) < 4.78 is 39.0. The Morgan fingerprint density at radius 3 is 2.46 bits per heavy atom. The van der Waals surface area contributed by atoms with Crippen LogP contribution >= 0.6 is 0 Å². The first kappa shape index (κ1) is 18.2. The largest absolute Gasteiger partial charge is 0.433 e. The van der Waals surface area contributed by atoms with E-state index in [-0.39, 0.29) is 11.8 Å². The van der Waals surface area contributed by atoms with Gasteiger partial charge in [0.25, 0.3) is 0 Å². The number of hydrogen-bond acceptors (Lipinski definition) is 6. The van der Waals surface area contributed by atoms with Gasteiger partial charge in [-0.15, -0.1) is 0 Å². The fraction of sp³-hybridized carbons (Fsp3) is 0.471. The van der Waals surface area contributed by atoms with Crippen LogP contribution in [0.5, 0.6) is 0 Å². The van der Waals surface area contributed by atoms with Crippen LogP contribution in [-0.4, -0.2) is 42.1 Å². The third-order valence-corrected chi connectivity index (χ3v) is 4.15. The van der Waals surface area contributed by atoms with E-state index in [9.17, 15) is 13.2 Å². The van der Waals surface area contributed by atoms with Gasteiger partial charge in [0.1, 0.15) is 11.6 Å². The molecule has 2 aromatic rings. The predicted molar refractivity (Wildman–Crippen MR) is 94.4 cm³/mol. The summed E-state index contributed by atoms with van der Waals surface area (Å²) in [4.78, 5) is 15.9. The lowest BCUT2D eigenvalue weighted by molar-refractivity contribution is -0.141. The molecule has 1 aliphatic rings. The molecule has 3 rings (SSSR count). The van der Waals surface area contributed by atoms with E-state index in [1.54, 1.807) is 20.3 Å². The molecule has 3 heterocycles. The van der Waals surface area contributed by atoms with Crippen LogP contribution in [-0.2, 0) is 12.7 Å². The van der Waals surface area contributed by atoms with Gasteiger partial charge in [-0.2, -0.15) is 18.2 Å². The lowest BCUT2D eigenvalue weighted by atomic mass is 10.3. The molecule has 140 valence electrons. The van der Waals surface area contributed by atoms with Crippen molar-refractivity contribution in [2.45, 2.75) is 25.6 Å². The van der Waals surface area contributed by atoms with Crippen molar-refractivity contribution in [1.82, 2.24) is 15.0 Å². The second-order valence-electron chi connectivity index (χ2n) is 6.40. The average molecular weight is 366 g/mol. The van der Waals surface area contributed by atoms with Crippen LogP contribution in [0.4, 0.5) is 30.8 Å². The van der Waals surface area contributed by atoms with Gasteiger partial charge in [0.2, 0.25) is 5.95 Å². The van der Waals surface area contributed by atoms with Crippen molar-refractivity contribution in [2.24, 2.45) is 0 Å². The molecule has 1 N–H and O–H groups in total. The van der Waals surface area contributed by atoms with Crippen LogP contribution < -0.4 is 15.1 Å². The monoisotopic (exact) mass is 366 g/mol. The molecule has 9 heteroatoms. The number of anilines is 3. The highest BCUT2D eigenvalue weighted by Crippen LogP contribution is 2.30. The number of alkyl halides is 3. The number of aromatic nitrogens is 3. The Kier molecular flexibility index (Phi) is 5.15. The summed E-state index contributed by atoms with van der Waals surface area (Å²) in [5.41, 5.74) is -0.124. The van der Waals surface area contributed by atoms with Gasteiger partial charge in [-0.1, -0.05) is 6.07 Å². The maximum atomic E-state index is 13.0. The molecular formula is C17H21F3N6. The number of nitrogens with one attached hydrogen (secondary N) is 1. The lowest BCUT2D eigenvalue weighted by Gasteiger charge is -2.17. The van der Waals surface area contributed by atoms with Crippen LogP contribution in [0.3, 0.4) is 0 Å². The molecule has 6 nitrogen and oxygen atoms in total. The molecule has 26 heavy (non-hydrogen) atoms. The highest BCUT2D eigenvalue weighted by molar-refractivity contribution is 5.45. The van der Waals surface area contributed by atoms with Crippen molar-refractivity contribution >= 4 is 17.6 Å². The minimum Gasteiger partial charge on any atom is -0.363 e. The van der Waals surface area contributed by atoms with Crippen molar-refractivity contribution in [3.63, 3.8) is 0 Å². The number of pyridine rings is 1. The van der Waals surface area contributed by atoms with E-state index in [1.807, 2.05) is 12.1 Å². The van der Waals surface area contributed by atoms with E-state index in [1.165, 1.54) is 17.7 Å². The van der Waals surface area contributed by atoms with Crippen LogP contribution in [0.15, 0.2) is 24.4 Å². The van der Waals surface area contributed by atoms with Gasteiger partial charge < -0.3 is 15.1 Å². The van der Waals surface area contributed by atoms with Crippen LogP contribution in [0.2, 0.25) is 0 Å². The molecule has 0 saturated carbocycles. The molecule has 0 spiro atoms. The van der Waals surface area contributed by atoms with Crippen molar-refractivity contribution in [3.8, 4) is 0 Å². The zero-order chi connectivity index (χ0) is 18.7. The quantitative estimate of drug-likeness (QED) is 0.877. The molecular weight excluding hydrogens is 345 g/mol. The summed E-state index contributed by atoms with van der Waals surface area (Å²) in [5.74, 6) is 1.06. The topological polar surface area (TPSA) is 57.2 Å². The minimum absolute atomic E-state index is 0.0628. The Hall–Kier alpha value is -2.58. The van der Waals surface area contributed by atoms with E-state index >= 15 is 0 Å². The molecule has 0 amide bonds. The third kappa shape index (κ3) is 4.33. The van der Waals surface area contributed by atoms with Crippen molar-refractivity contribution in [3.05, 3.63) is 35.7 Å². The molecule has 0 aromatic carbocycles. The Labute approximate surface area is 150 Å². The zero-order valence-electron chi connectivity index (χ0n) is 14.7. The summed E-state index contributed by atoms with van der Waals surface area (Å²) in [6, 6.07) is 4.77. The Bertz CT molecular complexity index is 739. The average Bonchev–Trinajstić information content (AvgIpc) is 3.14. The molecule has 2 aromatic heterocycles. The summed E-state index contributed by atoms with van der Waals surface area (Å²) in [6.07, 6.45) is -0.456. The van der Waals surface area contributed by atoms with Gasteiger partial charge in [0.15, 0.2) is 5.69 Å². The fourth-order valence-corrected chi connectivity index (χ4v) is 2.72. The van der Waals surface area contributed by atoms with E-state index in [2.05, 4.69) is 25.2 Å². The van der Waals surface area contributed by atoms with Crippen LogP contribution in [0, 0.1) is 0 Å². The van der Waals surface area contributed by atoms with Gasteiger partial charge in [-0.25, -0.2) is 9.97 Å². The smallest absolute Gasteiger partial charge is 0.363 e. The zero-order valence-corrected chi connectivity index (χ0v) is 14.7. The maximum Gasteiger partial charge on any atom is 0.433 e. The molecule has 0 aliphatic carbocycles. The summed E-state index contributed by atoms with van der Waals surface area (Å²) in [5, 5.41) is 2.86. The molecule has 1 aliphatic heterocycles. The Morgan fingerprint density at radius 2 is 1.88 bits per heavy atom. The first-order valence-electron chi connectivity index (χ1n) is 8.40. The van der Waals surface area contributed by atoms with Gasteiger partial charge in [0.05, 0.1) is 0 Å². The first-order valence-corrected chi connectivity index (χ1v) is 8.40. The SMILES string of the molecule is CN(C)c1cc(C(F)(F)F)nc(NCc2ccc(N3CCCC3)nc2)n1. The molecule has 0 unspecified atom stereocenters. The van der Waals surface area contributed by atoms with Crippen molar-refractivity contribution < 1.29 is 13.2 Å². The summed E-state index contributed by atoms with van der Waals surface area (Å²) in [7, 11) is 3.26. The van der Waals surface area contributed by atoms with Gasteiger partial charge in [0, 0.05) is 46.0 Å². The fourth-order valence-electron chi connectivity index (χ4n) is 2.72. The summed E-state index contributed by atoms with van der Waals surface area (Å²) in [6.45, 7) is 2.31. The van der Waals surface area contributed by atoms with E-state index in [0.29, 0.717) is 6.54 Å². The number of hydrogen-bond donors (Lipinski definition) is 1. The Morgan fingerprint density at radius 1 is 1.15 bits per heavy atom. The molecule has 1 saturated heterocycles. The maximum absolute atomic E-state index is 13.0. The lowest BCUT2D eigenvalue weighted by Crippen LogP contribution is -2.19. The normalized spacial score (nSPS) is 14.6.